The Morgan fingerprint density at radius 2 is 0.738 bits per heavy atom. The zero-order valence-electron chi connectivity index (χ0n) is 35.3. The van der Waals surface area contributed by atoms with Crippen molar-refractivity contribution in [1.29, 1.82) is 0 Å². The van der Waals surface area contributed by atoms with Crippen LogP contribution in [0.5, 0.6) is 0 Å². The molecule has 0 aliphatic heterocycles. The van der Waals surface area contributed by atoms with E-state index in [4.69, 9.17) is 8.83 Å². The van der Waals surface area contributed by atoms with Crippen LogP contribution in [-0.4, -0.2) is 0 Å². The highest BCUT2D eigenvalue weighted by Gasteiger charge is 2.20. The van der Waals surface area contributed by atoms with Crippen molar-refractivity contribution in [3.05, 3.63) is 237 Å². The van der Waals surface area contributed by atoms with Crippen LogP contribution in [0, 0.1) is 0 Å². The second-order valence-corrected chi connectivity index (χ2v) is 16.8. The van der Waals surface area contributed by atoms with Crippen molar-refractivity contribution >= 4 is 82.5 Å². The fourth-order valence-electron chi connectivity index (χ4n) is 9.91. The van der Waals surface area contributed by atoms with Crippen LogP contribution < -0.4 is 4.90 Å². The maximum Gasteiger partial charge on any atom is 0.143 e. The first-order valence-corrected chi connectivity index (χ1v) is 22.1. The minimum atomic E-state index is 0.883. The highest BCUT2D eigenvalue weighted by molar-refractivity contribution is 6.14. The number of para-hydroxylation sites is 3. The first-order valence-electron chi connectivity index (χ1n) is 22.1. The van der Waals surface area contributed by atoms with E-state index in [1.807, 2.05) is 6.07 Å². The van der Waals surface area contributed by atoms with Gasteiger partial charge in [0.2, 0.25) is 0 Å². The smallest absolute Gasteiger partial charge is 0.143 e. The molecule has 0 amide bonds. The molecule has 2 heterocycles. The van der Waals surface area contributed by atoms with Crippen molar-refractivity contribution in [2.24, 2.45) is 0 Å². The summed E-state index contributed by atoms with van der Waals surface area (Å²) in [5.74, 6) is 0. The van der Waals surface area contributed by atoms with E-state index in [9.17, 15) is 0 Å². The average molecular weight is 830 g/mol. The van der Waals surface area contributed by atoms with E-state index in [0.29, 0.717) is 0 Å². The van der Waals surface area contributed by atoms with Gasteiger partial charge in [-0.25, -0.2) is 0 Å². The largest absolute Gasteiger partial charge is 0.455 e. The molecule has 13 aromatic rings. The third kappa shape index (κ3) is 6.20. The normalized spacial score (nSPS) is 11.7. The SMILES string of the molecule is c1ccc(-c2cccc3c2oc2ccc(-c4ccc(N(c5cccc(-c6cccc7c6oc6c(-c8ccccc8)cccc67)c5)c5ccc6ccc7ccccc7c6c5)cc4)cc23)cc1. The summed E-state index contributed by atoms with van der Waals surface area (Å²) < 4.78 is 13.4. The van der Waals surface area contributed by atoms with Gasteiger partial charge in [-0.15, -0.1) is 0 Å². The van der Waals surface area contributed by atoms with Crippen molar-refractivity contribution < 1.29 is 8.83 Å². The lowest BCUT2D eigenvalue weighted by atomic mass is 9.98. The number of rotatable bonds is 7. The fourth-order valence-corrected chi connectivity index (χ4v) is 9.91. The van der Waals surface area contributed by atoms with Crippen LogP contribution in [0.25, 0.3) is 110 Å². The van der Waals surface area contributed by atoms with Crippen LogP contribution in [0.3, 0.4) is 0 Å². The third-order valence-corrected chi connectivity index (χ3v) is 13.1. The molecule has 13 rings (SSSR count). The molecule has 0 bridgehead atoms. The van der Waals surface area contributed by atoms with Gasteiger partial charge < -0.3 is 13.7 Å². The van der Waals surface area contributed by atoms with Crippen LogP contribution in [0.1, 0.15) is 0 Å². The van der Waals surface area contributed by atoms with E-state index in [0.717, 1.165) is 105 Å². The number of anilines is 3. The Kier molecular flexibility index (Phi) is 8.53. The fraction of sp³-hybridized carbons (Fsp3) is 0. The van der Waals surface area contributed by atoms with Gasteiger partial charge in [-0.2, -0.15) is 0 Å². The molecular weight excluding hydrogens is 791 g/mol. The number of benzene rings is 11. The van der Waals surface area contributed by atoms with Crippen molar-refractivity contribution in [2.75, 3.05) is 4.90 Å². The maximum atomic E-state index is 6.89. The van der Waals surface area contributed by atoms with E-state index in [1.54, 1.807) is 0 Å². The van der Waals surface area contributed by atoms with Crippen LogP contribution in [0.2, 0.25) is 0 Å². The maximum absolute atomic E-state index is 6.89. The van der Waals surface area contributed by atoms with Gasteiger partial charge >= 0.3 is 0 Å². The Balaban J connectivity index is 0.938. The zero-order chi connectivity index (χ0) is 42.8. The summed E-state index contributed by atoms with van der Waals surface area (Å²) in [6.45, 7) is 0. The summed E-state index contributed by atoms with van der Waals surface area (Å²) in [7, 11) is 0. The Labute approximate surface area is 375 Å². The van der Waals surface area contributed by atoms with Crippen molar-refractivity contribution in [3.63, 3.8) is 0 Å². The van der Waals surface area contributed by atoms with Gasteiger partial charge in [0, 0.05) is 55.3 Å². The molecule has 3 heteroatoms. The molecule has 0 spiro atoms. The van der Waals surface area contributed by atoms with Gasteiger partial charge in [-0.05, 0) is 97.9 Å². The molecule has 304 valence electrons. The highest BCUT2D eigenvalue weighted by Crippen LogP contribution is 2.44. The van der Waals surface area contributed by atoms with Crippen LogP contribution in [-0.2, 0) is 0 Å². The number of fused-ring (bicyclic) bond motifs is 9. The molecule has 11 aromatic carbocycles. The van der Waals surface area contributed by atoms with Crippen LogP contribution in [0.4, 0.5) is 17.1 Å². The zero-order valence-corrected chi connectivity index (χ0v) is 35.3. The van der Waals surface area contributed by atoms with Gasteiger partial charge in [0.25, 0.3) is 0 Å². The molecule has 0 unspecified atom stereocenters. The lowest BCUT2D eigenvalue weighted by Gasteiger charge is -2.27. The van der Waals surface area contributed by atoms with Gasteiger partial charge in [0.05, 0.1) is 0 Å². The molecule has 0 saturated heterocycles. The molecular formula is C62H39NO2. The monoisotopic (exact) mass is 829 g/mol. The molecule has 0 saturated carbocycles. The molecule has 0 aliphatic carbocycles. The first-order chi connectivity index (χ1) is 32.2. The lowest BCUT2D eigenvalue weighted by Crippen LogP contribution is -2.10. The van der Waals surface area contributed by atoms with E-state index in [1.165, 1.54) is 21.5 Å². The molecule has 0 aliphatic rings. The number of hydrogen-bond acceptors (Lipinski definition) is 3. The second-order valence-electron chi connectivity index (χ2n) is 16.8. The summed E-state index contributed by atoms with van der Waals surface area (Å²) >= 11 is 0. The van der Waals surface area contributed by atoms with Crippen molar-refractivity contribution in [2.45, 2.75) is 0 Å². The Morgan fingerprint density at radius 3 is 1.43 bits per heavy atom. The molecule has 65 heavy (non-hydrogen) atoms. The van der Waals surface area contributed by atoms with Gasteiger partial charge in [0.1, 0.15) is 22.3 Å². The molecule has 3 nitrogen and oxygen atoms in total. The van der Waals surface area contributed by atoms with Crippen molar-refractivity contribution in [1.82, 2.24) is 0 Å². The van der Waals surface area contributed by atoms with Crippen LogP contribution >= 0.6 is 0 Å². The third-order valence-electron chi connectivity index (χ3n) is 13.1. The summed E-state index contributed by atoms with van der Waals surface area (Å²) in [4.78, 5) is 2.37. The molecule has 0 atom stereocenters. The van der Waals surface area contributed by atoms with Gasteiger partial charge in [-0.1, -0.05) is 188 Å². The summed E-state index contributed by atoms with van der Waals surface area (Å²) in [6.07, 6.45) is 0. The predicted octanol–water partition coefficient (Wildman–Crippen LogP) is 17.9. The lowest BCUT2D eigenvalue weighted by molar-refractivity contribution is 0.670. The average Bonchev–Trinajstić information content (AvgIpc) is 3.96. The Morgan fingerprint density at radius 1 is 0.246 bits per heavy atom. The van der Waals surface area contributed by atoms with E-state index >= 15 is 0 Å². The van der Waals surface area contributed by atoms with Gasteiger partial charge in [-0.3, -0.25) is 0 Å². The molecule has 0 fully saturated rings. The van der Waals surface area contributed by atoms with Gasteiger partial charge in [0.15, 0.2) is 0 Å². The predicted molar refractivity (Wildman–Crippen MR) is 272 cm³/mol. The minimum Gasteiger partial charge on any atom is -0.455 e. The van der Waals surface area contributed by atoms with Crippen molar-refractivity contribution in [3.8, 4) is 44.5 Å². The van der Waals surface area contributed by atoms with E-state index in [-0.39, 0.29) is 0 Å². The molecule has 0 radical (unpaired) electrons. The molecule has 0 N–H and O–H groups in total. The minimum absolute atomic E-state index is 0.883. The summed E-state index contributed by atoms with van der Waals surface area (Å²) in [5.41, 5.74) is 15.6. The Hall–Kier alpha value is -8.66. The first kappa shape index (κ1) is 36.9. The highest BCUT2D eigenvalue weighted by atomic mass is 16.3. The Bertz CT molecular complexity index is 3940. The number of hydrogen-bond donors (Lipinski definition) is 0. The molecule has 2 aromatic heterocycles. The number of nitrogens with zero attached hydrogens (tertiary/aromatic N) is 1. The summed E-state index contributed by atoms with van der Waals surface area (Å²) in [6, 6.07) is 84.6. The standard InChI is InChI=1S/C62H39NO2/c1-3-13-41(14-4-1)51-21-11-26-56-58-38-45(32-36-59(58)64-60(51)56)40-29-33-47(34-30-40)63(49-35-31-44-28-27-43-17-7-8-20-50(43)57(44)39-49)48-19-9-18-46(37-48)53-23-12-25-55-54-24-10-22-52(61(54)65-62(53)55)42-15-5-2-6-16-42/h1-39H. The topological polar surface area (TPSA) is 29.5 Å². The second kappa shape index (κ2) is 15.0. The number of furan rings is 2. The van der Waals surface area contributed by atoms with Crippen LogP contribution in [0.15, 0.2) is 245 Å². The summed E-state index contributed by atoms with van der Waals surface area (Å²) in [5, 5.41) is 9.33. The quantitative estimate of drug-likeness (QED) is 0.150. The van der Waals surface area contributed by atoms with E-state index in [2.05, 4.69) is 235 Å². The van der Waals surface area contributed by atoms with E-state index < -0.39 is 0 Å².